The molecule has 32 heavy (non-hydrogen) atoms. The minimum atomic E-state index is -0.712. The van der Waals surface area contributed by atoms with Crippen molar-refractivity contribution in [1.82, 2.24) is 8.97 Å². The van der Waals surface area contributed by atoms with Gasteiger partial charge in [0.1, 0.15) is 11.7 Å². The second kappa shape index (κ2) is 9.29. The van der Waals surface area contributed by atoms with Gasteiger partial charge in [0.25, 0.3) is 5.56 Å². The maximum Gasteiger partial charge on any atom is 0.257 e. The van der Waals surface area contributed by atoms with Crippen LogP contribution in [-0.4, -0.2) is 26.7 Å². The number of nitrogens with one attached hydrogen (secondary N) is 1. The molecule has 0 amide bonds. The number of fused-ring (bicyclic) bond motifs is 3. The Hall–Kier alpha value is -3.56. The quantitative estimate of drug-likeness (QED) is 0.440. The van der Waals surface area contributed by atoms with Crippen LogP contribution < -0.4 is 10.9 Å². The van der Waals surface area contributed by atoms with Crippen LogP contribution in [0.2, 0.25) is 0 Å². The molecule has 4 aromatic rings. The van der Waals surface area contributed by atoms with Gasteiger partial charge in [-0.1, -0.05) is 37.6 Å². The standard InChI is InChI=1S/C26H28N4O2/c1-3-4-7-19-10-12-20(13-11-19)28-16-21(31)17-29-23-8-5-6-9-24(23)30-25(32)14-18(2)22(15-27)26(29)30/h5-6,8-14,21,28,31H,3-4,7,16-17H2,1-2H3. The van der Waals surface area contributed by atoms with E-state index in [1.165, 1.54) is 24.5 Å². The van der Waals surface area contributed by atoms with Crippen LogP contribution >= 0.6 is 0 Å². The first kappa shape index (κ1) is 21.7. The normalized spacial score (nSPS) is 12.2. The molecule has 0 aliphatic rings. The van der Waals surface area contributed by atoms with E-state index in [0.717, 1.165) is 23.1 Å². The smallest absolute Gasteiger partial charge is 0.257 e. The molecule has 0 saturated carbocycles. The molecule has 1 atom stereocenters. The molecule has 6 nitrogen and oxygen atoms in total. The number of pyridine rings is 1. The van der Waals surface area contributed by atoms with Crippen LogP contribution in [0, 0.1) is 18.3 Å². The van der Waals surface area contributed by atoms with E-state index in [0.29, 0.717) is 23.3 Å². The molecule has 0 aliphatic carbocycles. The maximum atomic E-state index is 12.8. The monoisotopic (exact) mass is 428 g/mol. The Bertz CT molecular complexity index is 1340. The fraction of sp³-hybridized carbons (Fsp3) is 0.308. The number of nitrogens with zero attached hydrogens (tertiary/aromatic N) is 3. The van der Waals surface area contributed by atoms with Crippen molar-refractivity contribution >= 4 is 22.4 Å². The maximum absolute atomic E-state index is 12.8. The lowest BCUT2D eigenvalue weighted by molar-refractivity contribution is 0.169. The highest BCUT2D eigenvalue weighted by Crippen LogP contribution is 2.24. The average molecular weight is 429 g/mol. The highest BCUT2D eigenvalue weighted by atomic mass is 16.3. The van der Waals surface area contributed by atoms with E-state index in [4.69, 9.17) is 0 Å². The topological polar surface area (TPSA) is 82.5 Å². The highest BCUT2D eigenvalue weighted by Gasteiger charge is 2.19. The van der Waals surface area contributed by atoms with E-state index < -0.39 is 6.10 Å². The van der Waals surface area contributed by atoms with Gasteiger partial charge in [0.2, 0.25) is 0 Å². The summed E-state index contributed by atoms with van der Waals surface area (Å²) >= 11 is 0. The molecule has 0 bridgehead atoms. The van der Waals surface area contributed by atoms with Crippen molar-refractivity contribution in [3.05, 3.63) is 81.6 Å². The van der Waals surface area contributed by atoms with E-state index in [1.54, 1.807) is 11.3 Å². The van der Waals surface area contributed by atoms with E-state index >= 15 is 0 Å². The first-order chi connectivity index (χ1) is 15.5. The predicted octanol–water partition coefficient (Wildman–Crippen LogP) is 4.25. The van der Waals surface area contributed by atoms with Crippen LogP contribution in [-0.2, 0) is 13.0 Å². The van der Waals surface area contributed by atoms with Crippen molar-refractivity contribution in [1.29, 1.82) is 5.26 Å². The fourth-order valence-electron chi connectivity index (χ4n) is 4.20. The predicted molar refractivity (Wildman–Crippen MR) is 128 cm³/mol. The van der Waals surface area contributed by atoms with Gasteiger partial charge in [-0.2, -0.15) is 5.26 Å². The zero-order chi connectivity index (χ0) is 22.7. The third kappa shape index (κ3) is 4.12. The molecular formula is C26H28N4O2. The van der Waals surface area contributed by atoms with Gasteiger partial charge >= 0.3 is 0 Å². The molecule has 0 spiro atoms. The zero-order valence-electron chi connectivity index (χ0n) is 18.5. The Morgan fingerprint density at radius 1 is 1.12 bits per heavy atom. The molecule has 164 valence electrons. The fourth-order valence-corrected chi connectivity index (χ4v) is 4.20. The van der Waals surface area contributed by atoms with Gasteiger partial charge in [0, 0.05) is 18.3 Å². The molecular weight excluding hydrogens is 400 g/mol. The number of aliphatic hydroxyl groups excluding tert-OH is 1. The molecule has 4 rings (SSSR count). The number of para-hydroxylation sites is 2. The lowest BCUT2D eigenvalue weighted by Gasteiger charge is -2.16. The molecule has 0 saturated heterocycles. The minimum absolute atomic E-state index is 0.178. The molecule has 0 aliphatic heterocycles. The molecule has 0 radical (unpaired) electrons. The van der Waals surface area contributed by atoms with Crippen LogP contribution in [0.4, 0.5) is 5.69 Å². The van der Waals surface area contributed by atoms with Crippen molar-refractivity contribution < 1.29 is 5.11 Å². The summed E-state index contributed by atoms with van der Waals surface area (Å²) in [6.45, 7) is 4.57. The van der Waals surface area contributed by atoms with E-state index in [1.807, 2.05) is 41.0 Å². The van der Waals surface area contributed by atoms with Gasteiger partial charge in [0.15, 0.2) is 0 Å². The zero-order valence-corrected chi connectivity index (χ0v) is 18.5. The lowest BCUT2D eigenvalue weighted by atomic mass is 10.1. The van der Waals surface area contributed by atoms with Crippen molar-refractivity contribution in [2.75, 3.05) is 11.9 Å². The summed E-state index contributed by atoms with van der Waals surface area (Å²) in [6, 6.07) is 19.6. The SMILES string of the molecule is CCCCc1ccc(NCC(O)Cn2c3ccccc3n3c(=O)cc(C)c(C#N)c23)cc1. The van der Waals surface area contributed by atoms with Crippen molar-refractivity contribution in [2.24, 2.45) is 0 Å². The summed E-state index contributed by atoms with van der Waals surface area (Å²) in [7, 11) is 0. The number of hydrogen-bond donors (Lipinski definition) is 2. The summed E-state index contributed by atoms with van der Waals surface area (Å²) in [5.74, 6) is 0. The highest BCUT2D eigenvalue weighted by molar-refractivity contribution is 5.84. The first-order valence-corrected chi connectivity index (χ1v) is 11.1. The molecule has 0 fully saturated rings. The van der Waals surface area contributed by atoms with Gasteiger partial charge in [-0.15, -0.1) is 0 Å². The average Bonchev–Trinajstić information content (AvgIpc) is 3.12. The second-order valence-corrected chi connectivity index (χ2v) is 8.25. The van der Waals surface area contributed by atoms with Gasteiger partial charge in [0.05, 0.1) is 29.2 Å². The molecule has 2 aromatic heterocycles. The Labute approximate surface area is 187 Å². The Balaban J connectivity index is 1.61. The summed E-state index contributed by atoms with van der Waals surface area (Å²) in [5, 5.41) is 23.9. The van der Waals surface area contributed by atoms with Crippen LogP contribution in [0.15, 0.2) is 59.4 Å². The van der Waals surface area contributed by atoms with Crippen molar-refractivity contribution in [2.45, 2.75) is 45.8 Å². The van der Waals surface area contributed by atoms with E-state index in [-0.39, 0.29) is 12.1 Å². The van der Waals surface area contributed by atoms with Crippen LogP contribution in [0.1, 0.15) is 36.5 Å². The van der Waals surface area contributed by atoms with Crippen LogP contribution in [0.3, 0.4) is 0 Å². The number of imidazole rings is 1. The van der Waals surface area contributed by atoms with Crippen LogP contribution in [0.5, 0.6) is 0 Å². The van der Waals surface area contributed by atoms with Gasteiger partial charge in [-0.05, 0) is 55.2 Å². The van der Waals surface area contributed by atoms with Gasteiger partial charge in [-0.3, -0.25) is 9.20 Å². The Morgan fingerprint density at radius 2 is 1.84 bits per heavy atom. The van der Waals surface area contributed by atoms with Gasteiger partial charge < -0.3 is 15.0 Å². The third-order valence-corrected chi connectivity index (χ3v) is 5.88. The number of aliphatic hydroxyl groups is 1. The Morgan fingerprint density at radius 3 is 2.53 bits per heavy atom. The number of anilines is 1. The number of aromatic nitrogens is 2. The summed E-state index contributed by atoms with van der Waals surface area (Å²) in [4.78, 5) is 12.8. The molecule has 2 aromatic carbocycles. The number of rotatable bonds is 8. The van der Waals surface area contributed by atoms with Crippen molar-refractivity contribution in [3.8, 4) is 6.07 Å². The number of aryl methyl sites for hydroxylation is 2. The Kier molecular flexibility index (Phi) is 6.29. The van der Waals surface area contributed by atoms with E-state index in [9.17, 15) is 15.2 Å². The minimum Gasteiger partial charge on any atom is -0.389 e. The first-order valence-electron chi connectivity index (χ1n) is 11.1. The molecule has 1 unspecified atom stereocenters. The number of benzene rings is 2. The van der Waals surface area contributed by atoms with Crippen LogP contribution in [0.25, 0.3) is 16.7 Å². The molecule has 2 N–H and O–H groups in total. The molecule has 6 heteroatoms. The number of unbranched alkanes of at least 4 members (excludes halogenated alkanes) is 1. The van der Waals surface area contributed by atoms with Crippen molar-refractivity contribution in [3.63, 3.8) is 0 Å². The lowest BCUT2D eigenvalue weighted by Crippen LogP contribution is -2.25. The third-order valence-electron chi connectivity index (χ3n) is 5.88. The van der Waals surface area contributed by atoms with Gasteiger partial charge in [-0.25, -0.2) is 0 Å². The summed E-state index contributed by atoms with van der Waals surface area (Å²) < 4.78 is 3.44. The molecule has 2 heterocycles. The number of hydrogen-bond acceptors (Lipinski definition) is 4. The summed E-state index contributed by atoms with van der Waals surface area (Å²) in [5.41, 5.74) is 5.24. The second-order valence-electron chi connectivity index (χ2n) is 8.25. The largest absolute Gasteiger partial charge is 0.389 e. The summed E-state index contributed by atoms with van der Waals surface area (Å²) in [6.07, 6.45) is 2.72. The van der Waals surface area contributed by atoms with E-state index in [2.05, 4.69) is 30.4 Å². The number of nitriles is 1.